The molecule has 0 spiro atoms. The van der Waals surface area contributed by atoms with Gasteiger partial charge in [0.2, 0.25) is 0 Å². The van der Waals surface area contributed by atoms with E-state index < -0.39 is 0 Å². The number of anilines is 2. The molecule has 4 nitrogen and oxygen atoms in total. The number of rotatable bonds is 4. The zero-order chi connectivity index (χ0) is 19.4. The molecule has 0 atom stereocenters. The van der Waals surface area contributed by atoms with Crippen LogP contribution in [-0.2, 0) is 0 Å². The van der Waals surface area contributed by atoms with Gasteiger partial charge in [0.05, 0.1) is 10.6 Å². The van der Waals surface area contributed by atoms with E-state index in [0.717, 1.165) is 9.13 Å². The van der Waals surface area contributed by atoms with Crippen molar-refractivity contribution in [1.82, 2.24) is 0 Å². The first-order valence-corrected chi connectivity index (χ1v) is 9.62. The summed E-state index contributed by atoms with van der Waals surface area (Å²) in [6.07, 6.45) is 0. The van der Waals surface area contributed by atoms with Gasteiger partial charge >= 0.3 is 0 Å². The van der Waals surface area contributed by atoms with E-state index in [0.29, 0.717) is 27.5 Å². The molecule has 27 heavy (non-hydrogen) atoms. The quantitative estimate of drug-likeness (QED) is 0.457. The molecule has 0 heterocycles. The number of hydrogen-bond donors (Lipinski definition) is 2. The summed E-state index contributed by atoms with van der Waals surface area (Å²) in [5.74, 6) is -0.462. The first-order valence-electron chi connectivity index (χ1n) is 8.17. The lowest BCUT2D eigenvalue weighted by molar-refractivity contribution is 0.101. The highest BCUT2D eigenvalue weighted by molar-refractivity contribution is 14.1. The third-order valence-electron chi connectivity index (χ3n) is 3.85. The van der Waals surface area contributed by atoms with Gasteiger partial charge in [-0.25, -0.2) is 0 Å². The van der Waals surface area contributed by atoms with Crippen molar-refractivity contribution in [3.63, 3.8) is 0 Å². The van der Waals surface area contributed by atoms with Gasteiger partial charge in [-0.15, -0.1) is 0 Å². The highest BCUT2D eigenvalue weighted by Gasteiger charge is 2.11. The Morgan fingerprint density at radius 2 is 1.48 bits per heavy atom. The fourth-order valence-electron chi connectivity index (χ4n) is 2.50. The topological polar surface area (TPSA) is 58.2 Å². The maximum Gasteiger partial charge on any atom is 0.257 e. The number of carbonyl (C=O) groups excluding carboxylic acids is 2. The molecular formula is C21H16ClIN2O2. The van der Waals surface area contributed by atoms with Crippen molar-refractivity contribution in [3.8, 4) is 0 Å². The normalized spacial score (nSPS) is 10.3. The molecule has 0 aromatic heterocycles. The van der Waals surface area contributed by atoms with Crippen molar-refractivity contribution in [2.45, 2.75) is 6.92 Å². The highest BCUT2D eigenvalue weighted by atomic mass is 127. The minimum atomic E-state index is -0.282. The van der Waals surface area contributed by atoms with E-state index in [1.807, 2.05) is 31.2 Å². The Balaban J connectivity index is 1.67. The van der Waals surface area contributed by atoms with E-state index in [9.17, 15) is 9.59 Å². The lowest BCUT2D eigenvalue weighted by Gasteiger charge is -2.09. The molecule has 3 aromatic carbocycles. The summed E-state index contributed by atoms with van der Waals surface area (Å²) in [4.78, 5) is 24.7. The molecule has 0 aliphatic carbocycles. The Bertz CT molecular complexity index is 1000. The van der Waals surface area contributed by atoms with Crippen LogP contribution in [0.25, 0.3) is 0 Å². The van der Waals surface area contributed by atoms with Gasteiger partial charge in [0.15, 0.2) is 0 Å². The SMILES string of the molecule is Cc1cccc(C(=O)Nc2ccc(NC(=O)c3cc(I)ccc3Cl)cc2)c1. The maximum atomic E-state index is 12.4. The average molecular weight is 491 g/mol. The largest absolute Gasteiger partial charge is 0.322 e. The predicted octanol–water partition coefficient (Wildman–Crippen LogP) is 5.76. The second-order valence-corrected chi connectivity index (χ2v) is 7.63. The van der Waals surface area contributed by atoms with Crippen molar-refractivity contribution in [2.75, 3.05) is 10.6 Å². The molecule has 0 unspecified atom stereocenters. The standard InChI is InChI=1S/C21H16ClIN2O2/c1-13-3-2-4-14(11-13)20(26)24-16-6-8-17(9-7-16)25-21(27)18-12-15(23)5-10-19(18)22/h2-12H,1H3,(H,24,26)(H,25,27). The van der Waals surface area contributed by atoms with Gasteiger partial charge in [0.25, 0.3) is 11.8 Å². The van der Waals surface area contributed by atoms with Crippen molar-refractivity contribution in [1.29, 1.82) is 0 Å². The number of carbonyl (C=O) groups is 2. The number of benzene rings is 3. The van der Waals surface area contributed by atoms with Crippen LogP contribution in [0.5, 0.6) is 0 Å². The molecule has 0 radical (unpaired) electrons. The van der Waals surface area contributed by atoms with Crippen LogP contribution in [-0.4, -0.2) is 11.8 Å². The Hall–Kier alpha value is -2.38. The molecule has 2 amide bonds. The Kier molecular flexibility index (Phi) is 6.13. The molecule has 0 saturated heterocycles. The van der Waals surface area contributed by atoms with E-state index in [-0.39, 0.29) is 11.8 Å². The predicted molar refractivity (Wildman–Crippen MR) is 118 cm³/mol. The van der Waals surface area contributed by atoms with Crippen molar-refractivity contribution < 1.29 is 9.59 Å². The van der Waals surface area contributed by atoms with Gasteiger partial charge < -0.3 is 10.6 Å². The second kappa shape index (κ2) is 8.54. The number of nitrogens with one attached hydrogen (secondary N) is 2. The number of halogens is 2. The summed E-state index contributed by atoms with van der Waals surface area (Å²) >= 11 is 8.23. The fourth-order valence-corrected chi connectivity index (χ4v) is 3.19. The summed E-state index contributed by atoms with van der Waals surface area (Å²) in [5, 5.41) is 6.05. The van der Waals surface area contributed by atoms with Crippen LogP contribution < -0.4 is 10.6 Å². The third kappa shape index (κ3) is 5.08. The van der Waals surface area contributed by atoms with Crippen molar-refractivity contribution in [2.24, 2.45) is 0 Å². The van der Waals surface area contributed by atoms with E-state index in [2.05, 4.69) is 33.2 Å². The second-order valence-electron chi connectivity index (χ2n) is 5.98. The Morgan fingerprint density at radius 3 is 2.11 bits per heavy atom. The monoisotopic (exact) mass is 490 g/mol. The molecule has 0 fully saturated rings. The van der Waals surface area contributed by atoms with Gasteiger partial charge in [-0.1, -0.05) is 29.3 Å². The first-order chi connectivity index (χ1) is 12.9. The van der Waals surface area contributed by atoms with E-state index in [1.165, 1.54) is 0 Å². The molecule has 0 aliphatic rings. The van der Waals surface area contributed by atoms with Crippen LogP contribution in [0, 0.1) is 10.5 Å². The maximum absolute atomic E-state index is 12.4. The van der Waals surface area contributed by atoms with Crippen LogP contribution in [0.3, 0.4) is 0 Å². The van der Waals surface area contributed by atoms with E-state index in [1.54, 1.807) is 42.5 Å². The summed E-state index contributed by atoms with van der Waals surface area (Å²) in [5.41, 5.74) is 3.30. The molecule has 0 saturated carbocycles. The van der Waals surface area contributed by atoms with Gasteiger partial charge in [0.1, 0.15) is 0 Å². The molecular weight excluding hydrogens is 475 g/mol. The lowest BCUT2D eigenvalue weighted by atomic mass is 10.1. The number of hydrogen-bond acceptors (Lipinski definition) is 2. The van der Waals surface area contributed by atoms with E-state index >= 15 is 0 Å². The van der Waals surface area contributed by atoms with Gasteiger partial charge in [-0.2, -0.15) is 0 Å². The van der Waals surface area contributed by atoms with Gasteiger partial charge in [-0.3, -0.25) is 9.59 Å². The molecule has 3 rings (SSSR count). The van der Waals surface area contributed by atoms with E-state index in [4.69, 9.17) is 11.6 Å². The third-order valence-corrected chi connectivity index (χ3v) is 4.85. The van der Waals surface area contributed by atoms with Crippen LogP contribution in [0.4, 0.5) is 11.4 Å². The number of amides is 2. The van der Waals surface area contributed by atoms with Crippen LogP contribution in [0.15, 0.2) is 66.7 Å². The fraction of sp³-hybridized carbons (Fsp3) is 0.0476. The van der Waals surface area contributed by atoms with Crippen molar-refractivity contribution >= 4 is 57.4 Å². The molecule has 0 aliphatic heterocycles. The summed E-state index contributed by atoms with van der Waals surface area (Å²) in [6.45, 7) is 1.94. The summed E-state index contributed by atoms with van der Waals surface area (Å²) in [7, 11) is 0. The van der Waals surface area contributed by atoms with Crippen LogP contribution >= 0.6 is 34.2 Å². The van der Waals surface area contributed by atoms with Gasteiger partial charge in [-0.05, 0) is 84.1 Å². The summed E-state index contributed by atoms with van der Waals surface area (Å²) < 4.78 is 0.927. The van der Waals surface area contributed by atoms with Crippen molar-refractivity contribution in [3.05, 3.63) is 92.0 Å². The smallest absolute Gasteiger partial charge is 0.257 e. The van der Waals surface area contributed by atoms with Crippen LogP contribution in [0.2, 0.25) is 5.02 Å². The molecule has 0 bridgehead atoms. The zero-order valence-electron chi connectivity index (χ0n) is 14.4. The highest BCUT2D eigenvalue weighted by Crippen LogP contribution is 2.21. The zero-order valence-corrected chi connectivity index (χ0v) is 17.3. The van der Waals surface area contributed by atoms with Crippen LogP contribution in [0.1, 0.15) is 26.3 Å². The summed E-state index contributed by atoms with van der Waals surface area (Å²) in [6, 6.07) is 19.6. The minimum Gasteiger partial charge on any atom is -0.322 e. The average Bonchev–Trinajstić information content (AvgIpc) is 2.65. The molecule has 136 valence electrons. The number of aryl methyl sites for hydroxylation is 1. The van der Waals surface area contributed by atoms with Gasteiger partial charge in [0, 0.05) is 20.5 Å². The first kappa shape index (κ1) is 19.4. The Labute approximate surface area is 176 Å². The molecule has 2 N–H and O–H groups in total. The molecule has 3 aromatic rings. The lowest BCUT2D eigenvalue weighted by Crippen LogP contribution is -2.13. The minimum absolute atomic E-state index is 0.180. The Morgan fingerprint density at radius 1 is 0.852 bits per heavy atom. The molecule has 6 heteroatoms.